The van der Waals surface area contributed by atoms with E-state index in [0.717, 1.165) is 38.2 Å². The van der Waals surface area contributed by atoms with Crippen LogP contribution in [0, 0.1) is 20.8 Å². The van der Waals surface area contributed by atoms with Gasteiger partial charge in [-0.1, -0.05) is 0 Å². The SMILES string of the molecule is COc1ccc(CP(OP(=O)(O)O)(c2ccccc2C)(c2ccccc2C)c2ccccc2C)cc1. The molecule has 4 aromatic carbocycles. The van der Waals surface area contributed by atoms with Crippen molar-refractivity contribution in [2.24, 2.45) is 0 Å². The van der Waals surface area contributed by atoms with Crippen LogP contribution >= 0.6 is 14.7 Å². The van der Waals surface area contributed by atoms with Gasteiger partial charge >= 0.3 is 213 Å². The molecule has 0 bridgehead atoms. The Kier molecular flexibility index (Phi) is 7.26. The molecular formula is C29H32O5P2. The summed E-state index contributed by atoms with van der Waals surface area (Å²) in [6.45, 7) is 1.58. The van der Waals surface area contributed by atoms with Crippen LogP contribution in [0.15, 0.2) is 97.1 Å². The first-order chi connectivity index (χ1) is 17.1. The minimum atomic E-state index is -5.03. The second-order valence-electron chi connectivity index (χ2n) is 9.15. The fourth-order valence-electron chi connectivity index (χ4n) is 5.40. The molecule has 0 amide bonds. The molecule has 0 aliphatic carbocycles. The van der Waals surface area contributed by atoms with Crippen molar-refractivity contribution >= 4 is 30.6 Å². The minimum absolute atomic E-state index is 0.265. The van der Waals surface area contributed by atoms with Crippen LogP contribution in [0.1, 0.15) is 22.3 Å². The number of hydrogen-bond donors (Lipinski definition) is 2. The van der Waals surface area contributed by atoms with Crippen LogP contribution in [0.4, 0.5) is 0 Å². The molecule has 0 spiro atoms. The second kappa shape index (κ2) is 9.94. The molecule has 0 saturated heterocycles. The number of phosphoric acid groups is 1. The van der Waals surface area contributed by atoms with E-state index in [0.29, 0.717) is 5.75 Å². The third-order valence-corrected chi connectivity index (χ3v) is 14.6. The summed E-state index contributed by atoms with van der Waals surface area (Å²) in [6.07, 6.45) is 0.265. The molecule has 0 heterocycles. The summed E-state index contributed by atoms with van der Waals surface area (Å²) in [5.41, 5.74) is 3.60. The third kappa shape index (κ3) is 4.54. The van der Waals surface area contributed by atoms with Crippen LogP contribution in [0.3, 0.4) is 0 Å². The Morgan fingerprint density at radius 3 is 1.39 bits per heavy atom. The van der Waals surface area contributed by atoms with Gasteiger partial charge in [-0.2, -0.15) is 0 Å². The van der Waals surface area contributed by atoms with Crippen LogP contribution in [0.5, 0.6) is 5.75 Å². The van der Waals surface area contributed by atoms with Crippen molar-refractivity contribution in [1.82, 2.24) is 0 Å². The molecule has 188 valence electrons. The quantitative estimate of drug-likeness (QED) is 0.292. The molecule has 0 radical (unpaired) electrons. The van der Waals surface area contributed by atoms with Crippen molar-refractivity contribution in [2.75, 3.05) is 7.11 Å². The Morgan fingerprint density at radius 1 is 0.667 bits per heavy atom. The number of hydrogen-bond acceptors (Lipinski definition) is 3. The zero-order valence-electron chi connectivity index (χ0n) is 21.0. The summed E-state index contributed by atoms with van der Waals surface area (Å²) in [5.74, 6) is 0.706. The molecular weight excluding hydrogens is 490 g/mol. The van der Waals surface area contributed by atoms with Crippen LogP contribution in [0.2, 0.25) is 0 Å². The van der Waals surface area contributed by atoms with Gasteiger partial charge in [0.15, 0.2) is 0 Å². The Morgan fingerprint density at radius 2 is 1.06 bits per heavy atom. The van der Waals surface area contributed by atoms with Crippen LogP contribution in [0.25, 0.3) is 0 Å². The number of methoxy groups -OCH3 is 1. The molecule has 4 rings (SSSR count). The van der Waals surface area contributed by atoms with Gasteiger partial charge in [0.2, 0.25) is 0 Å². The van der Waals surface area contributed by atoms with E-state index in [1.54, 1.807) is 7.11 Å². The molecule has 0 atom stereocenters. The topological polar surface area (TPSA) is 76.0 Å². The van der Waals surface area contributed by atoms with Gasteiger partial charge in [0.05, 0.1) is 0 Å². The van der Waals surface area contributed by atoms with Crippen molar-refractivity contribution < 1.29 is 23.4 Å². The van der Waals surface area contributed by atoms with E-state index < -0.39 is 14.7 Å². The van der Waals surface area contributed by atoms with Gasteiger partial charge in [-0.05, 0) is 0 Å². The van der Waals surface area contributed by atoms with E-state index in [1.807, 2.05) is 118 Å². The first-order valence-corrected chi connectivity index (χ1v) is 15.6. The molecule has 4 aromatic rings. The van der Waals surface area contributed by atoms with Crippen molar-refractivity contribution in [3.05, 3.63) is 119 Å². The van der Waals surface area contributed by atoms with E-state index in [9.17, 15) is 14.4 Å². The van der Waals surface area contributed by atoms with Crippen LogP contribution in [-0.2, 0) is 15.0 Å². The summed E-state index contributed by atoms with van der Waals surface area (Å²) >= 11 is 0. The van der Waals surface area contributed by atoms with Crippen molar-refractivity contribution in [1.29, 1.82) is 0 Å². The second-order valence-corrected chi connectivity index (χ2v) is 15.0. The van der Waals surface area contributed by atoms with Gasteiger partial charge in [-0.25, -0.2) is 0 Å². The Bertz CT molecular complexity index is 1310. The standard InChI is InChI=1S/C29H32O5P2/c1-22-11-5-8-14-27(22)36(34-35(30,31)32,28-15-9-6-12-23(28)2,29-16-10-7-13-24(29)3)21-25-17-19-26(33-4)20-18-25/h5-20H,21H2,1-4H3,(H2,30,31,32). The van der Waals surface area contributed by atoms with E-state index >= 15 is 0 Å². The van der Waals surface area contributed by atoms with Crippen molar-refractivity contribution in [3.8, 4) is 5.75 Å². The van der Waals surface area contributed by atoms with Gasteiger partial charge in [-0.15, -0.1) is 0 Å². The molecule has 0 fully saturated rings. The molecule has 5 nitrogen and oxygen atoms in total. The van der Waals surface area contributed by atoms with E-state index in [2.05, 4.69) is 0 Å². The molecule has 0 aliphatic heterocycles. The van der Waals surface area contributed by atoms with Gasteiger partial charge in [0, 0.05) is 0 Å². The Labute approximate surface area is 213 Å². The number of rotatable bonds is 8. The number of benzene rings is 4. The normalized spacial score (nSPS) is 13.1. The van der Waals surface area contributed by atoms with Gasteiger partial charge in [0.1, 0.15) is 0 Å². The predicted octanol–water partition coefficient (Wildman–Crippen LogP) is 5.67. The fraction of sp³-hybridized carbons (Fsp3) is 0.172. The fourth-order valence-corrected chi connectivity index (χ4v) is 14.4. The van der Waals surface area contributed by atoms with Crippen molar-refractivity contribution in [3.63, 3.8) is 0 Å². The molecule has 7 heteroatoms. The zero-order valence-corrected chi connectivity index (χ0v) is 22.7. The summed E-state index contributed by atoms with van der Waals surface area (Å²) in [5, 5.41) is 2.39. The van der Waals surface area contributed by atoms with Gasteiger partial charge < -0.3 is 0 Å². The Balaban J connectivity index is 2.29. The van der Waals surface area contributed by atoms with Crippen LogP contribution < -0.4 is 20.7 Å². The number of ether oxygens (including phenoxy) is 1. The summed E-state index contributed by atoms with van der Waals surface area (Å²) < 4.78 is 24.9. The van der Waals surface area contributed by atoms with Crippen LogP contribution in [-0.4, -0.2) is 16.9 Å². The average molecular weight is 523 g/mol. The zero-order chi connectivity index (χ0) is 26.0. The molecule has 0 aliphatic rings. The van der Waals surface area contributed by atoms with Crippen molar-refractivity contribution in [2.45, 2.75) is 26.9 Å². The molecule has 0 saturated carbocycles. The van der Waals surface area contributed by atoms with Gasteiger partial charge in [0.25, 0.3) is 0 Å². The number of aryl methyl sites for hydroxylation is 3. The summed E-state index contributed by atoms with van der Waals surface area (Å²) in [6, 6.07) is 31.0. The van der Waals surface area contributed by atoms with Gasteiger partial charge in [-0.3, -0.25) is 0 Å². The summed E-state index contributed by atoms with van der Waals surface area (Å²) in [7, 11) is -3.42. The van der Waals surface area contributed by atoms with E-state index in [-0.39, 0.29) is 6.16 Å². The maximum atomic E-state index is 13.1. The average Bonchev–Trinajstić information content (AvgIpc) is 2.84. The summed E-state index contributed by atoms with van der Waals surface area (Å²) in [4.78, 5) is 21.3. The first kappa shape index (κ1) is 26.3. The first-order valence-electron chi connectivity index (χ1n) is 11.7. The van der Waals surface area contributed by atoms with E-state index in [4.69, 9.17) is 9.05 Å². The molecule has 36 heavy (non-hydrogen) atoms. The molecule has 0 unspecified atom stereocenters. The molecule has 0 aromatic heterocycles. The third-order valence-electron chi connectivity index (χ3n) is 6.81. The van der Waals surface area contributed by atoms with E-state index in [1.165, 1.54) is 0 Å². The maximum absolute atomic E-state index is 13.1. The Hall–Kier alpha value is -2.78. The monoisotopic (exact) mass is 522 g/mol. The molecule has 2 N–H and O–H groups in total. The predicted molar refractivity (Wildman–Crippen MR) is 149 cm³/mol.